The maximum Gasteiger partial charge on any atom is 0.229 e. The van der Waals surface area contributed by atoms with E-state index in [1.54, 1.807) is 6.26 Å². The number of nitrogens with one attached hydrogen (secondary N) is 2. The van der Waals surface area contributed by atoms with Crippen molar-refractivity contribution in [3.63, 3.8) is 0 Å². The Kier molecular flexibility index (Phi) is 4.22. The van der Waals surface area contributed by atoms with Gasteiger partial charge in [-0.05, 0) is 25.1 Å². The molecule has 0 aliphatic rings. The summed E-state index contributed by atoms with van der Waals surface area (Å²) in [5.74, 6) is 0.250. The average Bonchev–Trinajstić information content (AvgIpc) is 2.79. The molecule has 4 heteroatoms. The summed E-state index contributed by atoms with van der Waals surface area (Å²) in [5, 5.41) is 6.95. The van der Waals surface area contributed by atoms with Gasteiger partial charge in [-0.3, -0.25) is 4.79 Å². The van der Waals surface area contributed by atoms with E-state index < -0.39 is 0 Å². The van der Waals surface area contributed by atoms with Gasteiger partial charge in [-0.25, -0.2) is 0 Å². The molecular formula is C15H20N2O2. The van der Waals surface area contributed by atoms with E-state index in [0.717, 1.165) is 16.7 Å². The van der Waals surface area contributed by atoms with Crippen LogP contribution in [0.1, 0.15) is 13.8 Å². The van der Waals surface area contributed by atoms with E-state index in [1.807, 2.05) is 31.3 Å². The molecule has 1 unspecified atom stereocenters. The number of hydrogen-bond donors (Lipinski definition) is 2. The second kappa shape index (κ2) is 5.89. The molecule has 19 heavy (non-hydrogen) atoms. The Labute approximate surface area is 113 Å². The molecule has 2 N–H and O–H groups in total. The van der Waals surface area contributed by atoms with Crippen LogP contribution in [0.2, 0.25) is 0 Å². The molecule has 0 radical (unpaired) electrons. The molecule has 0 aliphatic heterocycles. The van der Waals surface area contributed by atoms with Crippen LogP contribution in [0.5, 0.6) is 0 Å². The van der Waals surface area contributed by atoms with Gasteiger partial charge < -0.3 is 15.1 Å². The molecule has 2 aromatic rings. The summed E-state index contributed by atoms with van der Waals surface area (Å²) in [6.45, 7) is 4.77. The molecular weight excluding hydrogens is 240 g/mol. The second-order valence-corrected chi connectivity index (χ2v) is 5.04. The molecule has 4 nitrogen and oxygen atoms in total. The lowest BCUT2D eigenvalue weighted by Gasteiger charge is -2.19. The Bertz CT molecular complexity index is 560. The molecule has 0 spiro atoms. The zero-order valence-electron chi connectivity index (χ0n) is 11.6. The van der Waals surface area contributed by atoms with Crippen LogP contribution in [0.25, 0.3) is 11.0 Å². The lowest BCUT2D eigenvalue weighted by Crippen LogP contribution is -2.34. The van der Waals surface area contributed by atoms with Crippen LogP contribution in [0.4, 0.5) is 5.69 Å². The summed E-state index contributed by atoms with van der Waals surface area (Å²) in [4.78, 5) is 12.3. The summed E-state index contributed by atoms with van der Waals surface area (Å²) < 4.78 is 5.42. The normalized spacial score (nSPS) is 12.8. The Balaban J connectivity index is 2.18. The Morgan fingerprint density at radius 2 is 2.05 bits per heavy atom. The van der Waals surface area contributed by atoms with Gasteiger partial charge in [0.05, 0.1) is 11.6 Å². The summed E-state index contributed by atoms with van der Waals surface area (Å²) >= 11 is 0. The highest BCUT2D eigenvalue weighted by molar-refractivity contribution is 6.01. The zero-order chi connectivity index (χ0) is 13.8. The van der Waals surface area contributed by atoms with Crippen molar-refractivity contribution in [2.75, 3.05) is 18.9 Å². The topological polar surface area (TPSA) is 54.3 Å². The molecule has 102 valence electrons. The zero-order valence-corrected chi connectivity index (χ0v) is 11.6. The fraction of sp³-hybridized carbons (Fsp3) is 0.400. The number of hydrogen-bond acceptors (Lipinski definition) is 3. The standard InChI is InChI=1S/C15H20N2O2/c1-10(2)12(8-16-3)15(18)17-13-9-19-14-7-5-4-6-11(13)14/h4-7,9-10,12,16H,8H2,1-3H3,(H,17,18). The van der Waals surface area contributed by atoms with Gasteiger partial charge in [-0.15, -0.1) is 0 Å². The van der Waals surface area contributed by atoms with Gasteiger partial charge in [-0.1, -0.05) is 26.0 Å². The summed E-state index contributed by atoms with van der Waals surface area (Å²) in [6, 6.07) is 7.67. The Morgan fingerprint density at radius 1 is 1.32 bits per heavy atom. The molecule has 1 aromatic carbocycles. The lowest BCUT2D eigenvalue weighted by molar-refractivity contribution is -0.120. The van der Waals surface area contributed by atoms with Crippen LogP contribution in [-0.4, -0.2) is 19.5 Å². The molecule has 0 saturated carbocycles. The van der Waals surface area contributed by atoms with Gasteiger partial charge in [0, 0.05) is 11.9 Å². The Hall–Kier alpha value is -1.81. The maximum atomic E-state index is 12.3. The van der Waals surface area contributed by atoms with E-state index in [4.69, 9.17) is 4.42 Å². The highest BCUT2D eigenvalue weighted by Crippen LogP contribution is 2.26. The van der Waals surface area contributed by atoms with E-state index in [2.05, 4.69) is 24.5 Å². The summed E-state index contributed by atoms with van der Waals surface area (Å²) in [7, 11) is 1.86. The number of fused-ring (bicyclic) bond motifs is 1. The lowest BCUT2D eigenvalue weighted by atomic mass is 9.95. The number of carbonyl (C=O) groups is 1. The van der Waals surface area contributed by atoms with Crippen molar-refractivity contribution in [1.29, 1.82) is 0 Å². The van der Waals surface area contributed by atoms with Gasteiger partial charge in [0.25, 0.3) is 0 Å². The van der Waals surface area contributed by atoms with Crippen LogP contribution < -0.4 is 10.6 Å². The summed E-state index contributed by atoms with van der Waals surface area (Å²) in [6.07, 6.45) is 1.60. The quantitative estimate of drug-likeness (QED) is 0.869. The van der Waals surface area contributed by atoms with E-state index >= 15 is 0 Å². The highest BCUT2D eigenvalue weighted by Gasteiger charge is 2.22. The predicted octanol–water partition coefficient (Wildman–Crippen LogP) is 2.86. The largest absolute Gasteiger partial charge is 0.462 e. The van der Waals surface area contributed by atoms with Gasteiger partial charge in [0.15, 0.2) is 0 Å². The van der Waals surface area contributed by atoms with E-state index in [1.165, 1.54) is 0 Å². The molecule has 0 bridgehead atoms. The first-order valence-electron chi connectivity index (χ1n) is 6.55. The van der Waals surface area contributed by atoms with Crippen molar-refractivity contribution >= 4 is 22.6 Å². The van der Waals surface area contributed by atoms with Gasteiger partial charge in [0.2, 0.25) is 5.91 Å². The number of anilines is 1. The first kappa shape index (κ1) is 13.6. The van der Waals surface area contributed by atoms with Crippen molar-refractivity contribution in [2.45, 2.75) is 13.8 Å². The second-order valence-electron chi connectivity index (χ2n) is 5.04. The van der Waals surface area contributed by atoms with Gasteiger partial charge >= 0.3 is 0 Å². The third-order valence-corrected chi connectivity index (χ3v) is 3.30. The molecule has 1 atom stereocenters. The molecule has 0 fully saturated rings. The van der Waals surface area contributed by atoms with Crippen molar-refractivity contribution in [1.82, 2.24) is 5.32 Å². The fourth-order valence-corrected chi connectivity index (χ4v) is 2.15. The minimum atomic E-state index is -0.0568. The number of rotatable bonds is 5. The molecule has 1 heterocycles. The monoisotopic (exact) mass is 260 g/mol. The summed E-state index contributed by atoms with van der Waals surface area (Å²) in [5.41, 5.74) is 1.52. The average molecular weight is 260 g/mol. The highest BCUT2D eigenvalue weighted by atomic mass is 16.3. The van der Waals surface area contributed by atoms with Gasteiger partial charge in [-0.2, -0.15) is 0 Å². The number of amides is 1. The SMILES string of the molecule is CNCC(C(=O)Nc1coc2ccccc12)C(C)C. The molecule has 1 amide bonds. The van der Waals surface area contributed by atoms with E-state index in [0.29, 0.717) is 6.54 Å². The van der Waals surface area contributed by atoms with Crippen molar-refractivity contribution in [3.8, 4) is 0 Å². The minimum absolute atomic E-state index is 0.0240. The Morgan fingerprint density at radius 3 is 2.74 bits per heavy atom. The van der Waals surface area contributed by atoms with E-state index in [9.17, 15) is 4.79 Å². The number of furan rings is 1. The molecule has 1 aromatic heterocycles. The molecule has 0 saturated heterocycles. The first-order chi connectivity index (χ1) is 9.13. The van der Waals surface area contributed by atoms with Gasteiger partial charge in [0.1, 0.15) is 11.8 Å². The van der Waals surface area contributed by atoms with Crippen molar-refractivity contribution in [2.24, 2.45) is 11.8 Å². The smallest absolute Gasteiger partial charge is 0.229 e. The molecule has 2 rings (SSSR count). The number of benzene rings is 1. The third-order valence-electron chi connectivity index (χ3n) is 3.30. The van der Waals surface area contributed by atoms with Crippen LogP contribution in [0.15, 0.2) is 34.9 Å². The van der Waals surface area contributed by atoms with Crippen molar-refractivity contribution in [3.05, 3.63) is 30.5 Å². The van der Waals surface area contributed by atoms with Crippen LogP contribution in [0, 0.1) is 11.8 Å². The number of carbonyl (C=O) groups excluding carboxylic acids is 1. The maximum absolute atomic E-state index is 12.3. The third kappa shape index (κ3) is 2.96. The minimum Gasteiger partial charge on any atom is -0.462 e. The predicted molar refractivity (Wildman–Crippen MR) is 77.1 cm³/mol. The first-order valence-corrected chi connectivity index (χ1v) is 6.55. The fourth-order valence-electron chi connectivity index (χ4n) is 2.15. The van der Waals surface area contributed by atoms with Crippen LogP contribution >= 0.6 is 0 Å². The molecule has 0 aliphatic carbocycles. The van der Waals surface area contributed by atoms with Crippen LogP contribution in [0.3, 0.4) is 0 Å². The van der Waals surface area contributed by atoms with Crippen LogP contribution in [-0.2, 0) is 4.79 Å². The number of para-hydroxylation sites is 1. The van der Waals surface area contributed by atoms with E-state index in [-0.39, 0.29) is 17.7 Å². The van der Waals surface area contributed by atoms with Crippen molar-refractivity contribution < 1.29 is 9.21 Å².